The Morgan fingerprint density at radius 3 is 2.88 bits per heavy atom. The van der Waals surface area contributed by atoms with Crippen LogP contribution in [0.2, 0.25) is 10.0 Å². The summed E-state index contributed by atoms with van der Waals surface area (Å²) >= 11 is 12.0. The quantitative estimate of drug-likeness (QED) is 0.769. The summed E-state index contributed by atoms with van der Waals surface area (Å²) in [5, 5.41) is 1.06. The Hall–Kier alpha value is -0.990. The fourth-order valence-electron chi connectivity index (χ4n) is 1.99. The maximum absolute atomic E-state index is 11.7. The van der Waals surface area contributed by atoms with E-state index in [9.17, 15) is 4.79 Å². The van der Waals surface area contributed by atoms with Crippen molar-refractivity contribution in [2.45, 2.75) is 13.0 Å². The molecule has 0 N–H and O–H groups in total. The monoisotopic (exact) mass is 269 g/mol. The molecule has 1 aliphatic heterocycles. The molecule has 1 saturated heterocycles. The van der Waals surface area contributed by atoms with Gasteiger partial charge >= 0.3 is 0 Å². The molecule has 0 aromatic heterocycles. The van der Waals surface area contributed by atoms with E-state index in [1.54, 1.807) is 11.0 Å². The van der Waals surface area contributed by atoms with E-state index < -0.39 is 0 Å². The predicted octanol–water partition coefficient (Wildman–Crippen LogP) is 3.53. The zero-order valence-corrected chi connectivity index (χ0v) is 10.8. The van der Waals surface area contributed by atoms with Crippen LogP contribution in [0.1, 0.15) is 12.0 Å². The van der Waals surface area contributed by atoms with Crippen LogP contribution in [0.4, 0.5) is 0 Å². The molecule has 0 spiro atoms. The van der Waals surface area contributed by atoms with Gasteiger partial charge < -0.3 is 4.90 Å². The smallest absolute Gasteiger partial charge is 0.223 e. The lowest BCUT2D eigenvalue weighted by Gasteiger charge is -2.17. The molecule has 1 amide bonds. The average molecular weight is 270 g/mol. The van der Waals surface area contributed by atoms with Crippen LogP contribution >= 0.6 is 23.2 Å². The molecule has 1 aliphatic rings. The fraction of sp³-hybridized carbons (Fsp3) is 0.308. The van der Waals surface area contributed by atoms with Crippen LogP contribution in [0.25, 0.3) is 0 Å². The number of amides is 1. The molecular formula is C13H13Cl2NO. The summed E-state index contributed by atoms with van der Waals surface area (Å²) in [6.45, 7) is 4.95. The number of hydrogen-bond acceptors (Lipinski definition) is 1. The Balaban J connectivity index is 2.14. The average Bonchev–Trinajstić information content (AvgIpc) is 2.66. The number of carbonyl (C=O) groups is 1. The number of likely N-dealkylation sites (tertiary alicyclic amines) is 1. The van der Waals surface area contributed by atoms with Crippen molar-refractivity contribution in [1.82, 2.24) is 4.90 Å². The van der Waals surface area contributed by atoms with Gasteiger partial charge in [0.05, 0.1) is 10.0 Å². The normalized spacial score (nSPS) is 19.8. The topological polar surface area (TPSA) is 20.3 Å². The zero-order valence-electron chi connectivity index (χ0n) is 9.33. The first-order valence-corrected chi connectivity index (χ1v) is 6.20. The molecule has 1 aromatic carbocycles. The molecule has 1 atom stereocenters. The largest absolute Gasteiger partial charge is 0.338 e. The van der Waals surface area contributed by atoms with Crippen molar-refractivity contribution in [1.29, 1.82) is 0 Å². The van der Waals surface area contributed by atoms with Crippen LogP contribution in [0, 0.1) is 5.92 Å². The standard InChI is InChI=1S/C13H13Cl2NO/c1-2-9-6-12(17)16(7-9)8-10-4-3-5-11(14)13(10)15/h2-5,9H,1,6-8H2. The summed E-state index contributed by atoms with van der Waals surface area (Å²) in [5.74, 6) is 0.395. The minimum Gasteiger partial charge on any atom is -0.338 e. The van der Waals surface area contributed by atoms with Gasteiger partial charge in [-0.25, -0.2) is 0 Å². The molecule has 1 unspecified atom stereocenters. The lowest BCUT2D eigenvalue weighted by Crippen LogP contribution is -2.24. The van der Waals surface area contributed by atoms with Crippen LogP contribution in [-0.4, -0.2) is 17.4 Å². The molecule has 4 heteroatoms. The maximum atomic E-state index is 11.7. The lowest BCUT2D eigenvalue weighted by molar-refractivity contribution is -0.128. The summed E-state index contributed by atoms with van der Waals surface area (Å²) in [4.78, 5) is 13.5. The first-order valence-electron chi connectivity index (χ1n) is 5.45. The molecule has 17 heavy (non-hydrogen) atoms. The highest BCUT2D eigenvalue weighted by atomic mass is 35.5. The van der Waals surface area contributed by atoms with Gasteiger partial charge in [-0.1, -0.05) is 41.4 Å². The summed E-state index contributed by atoms with van der Waals surface area (Å²) in [7, 11) is 0. The van der Waals surface area contributed by atoms with E-state index in [0.29, 0.717) is 29.6 Å². The molecule has 0 aliphatic carbocycles. The number of benzene rings is 1. The molecule has 2 rings (SSSR count). The third-order valence-corrected chi connectivity index (χ3v) is 3.83. The van der Waals surface area contributed by atoms with Gasteiger partial charge in [-0.05, 0) is 11.6 Å². The Morgan fingerprint density at radius 2 is 2.24 bits per heavy atom. The third-order valence-electron chi connectivity index (χ3n) is 2.97. The van der Waals surface area contributed by atoms with E-state index in [0.717, 1.165) is 5.56 Å². The molecule has 1 aromatic rings. The summed E-state index contributed by atoms with van der Waals surface area (Å²) < 4.78 is 0. The van der Waals surface area contributed by atoms with Crippen LogP contribution in [-0.2, 0) is 11.3 Å². The Morgan fingerprint density at radius 1 is 1.47 bits per heavy atom. The van der Waals surface area contributed by atoms with Crippen molar-refractivity contribution >= 4 is 29.1 Å². The second-order valence-corrected chi connectivity index (χ2v) is 4.97. The summed E-state index contributed by atoms with van der Waals surface area (Å²) in [6, 6.07) is 5.48. The number of halogens is 2. The minimum absolute atomic E-state index is 0.144. The lowest BCUT2D eigenvalue weighted by atomic mass is 10.1. The minimum atomic E-state index is 0.144. The molecule has 0 saturated carbocycles. The van der Waals surface area contributed by atoms with Crippen LogP contribution in [0.15, 0.2) is 30.9 Å². The van der Waals surface area contributed by atoms with Gasteiger partial charge in [-0.2, -0.15) is 0 Å². The highest BCUT2D eigenvalue weighted by molar-refractivity contribution is 6.42. The van der Waals surface area contributed by atoms with Gasteiger partial charge in [0.2, 0.25) is 5.91 Å². The first kappa shape index (κ1) is 12.5. The predicted molar refractivity (Wildman–Crippen MR) is 70.2 cm³/mol. The number of hydrogen-bond donors (Lipinski definition) is 0. The van der Waals surface area contributed by atoms with E-state index in [1.165, 1.54) is 0 Å². The van der Waals surface area contributed by atoms with Crippen LogP contribution < -0.4 is 0 Å². The fourth-order valence-corrected chi connectivity index (χ4v) is 2.37. The molecule has 0 radical (unpaired) electrons. The Bertz CT molecular complexity index is 459. The molecule has 1 fully saturated rings. The van der Waals surface area contributed by atoms with E-state index in [-0.39, 0.29) is 11.8 Å². The van der Waals surface area contributed by atoms with Crippen molar-refractivity contribution in [3.05, 3.63) is 46.5 Å². The highest BCUT2D eigenvalue weighted by Crippen LogP contribution is 2.28. The SMILES string of the molecule is C=CC1CC(=O)N(Cc2cccc(Cl)c2Cl)C1. The zero-order chi connectivity index (χ0) is 12.4. The van der Waals surface area contributed by atoms with Gasteiger partial charge in [-0.15, -0.1) is 6.58 Å². The van der Waals surface area contributed by atoms with Crippen molar-refractivity contribution < 1.29 is 4.79 Å². The van der Waals surface area contributed by atoms with Crippen LogP contribution in [0.5, 0.6) is 0 Å². The van der Waals surface area contributed by atoms with Crippen molar-refractivity contribution in [2.75, 3.05) is 6.54 Å². The van der Waals surface area contributed by atoms with E-state index in [2.05, 4.69) is 6.58 Å². The Labute approximate surface area is 111 Å². The molecule has 0 bridgehead atoms. The van der Waals surface area contributed by atoms with E-state index in [4.69, 9.17) is 23.2 Å². The summed E-state index contributed by atoms with van der Waals surface area (Å²) in [6.07, 6.45) is 2.37. The first-order chi connectivity index (χ1) is 8.11. The second-order valence-electron chi connectivity index (χ2n) is 4.19. The third kappa shape index (κ3) is 2.64. The maximum Gasteiger partial charge on any atom is 0.223 e. The van der Waals surface area contributed by atoms with Crippen LogP contribution in [0.3, 0.4) is 0 Å². The van der Waals surface area contributed by atoms with Gasteiger partial charge in [-0.3, -0.25) is 4.79 Å². The van der Waals surface area contributed by atoms with Crippen molar-refractivity contribution in [3.63, 3.8) is 0 Å². The summed E-state index contributed by atoms with van der Waals surface area (Å²) in [5.41, 5.74) is 0.886. The van der Waals surface area contributed by atoms with Gasteiger partial charge in [0.25, 0.3) is 0 Å². The Kier molecular flexibility index (Phi) is 3.75. The molecular weight excluding hydrogens is 257 g/mol. The van der Waals surface area contributed by atoms with Gasteiger partial charge in [0.15, 0.2) is 0 Å². The molecule has 90 valence electrons. The highest BCUT2D eigenvalue weighted by Gasteiger charge is 2.27. The van der Waals surface area contributed by atoms with Gasteiger partial charge in [0, 0.05) is 25.4 Å². The van der Waals surface area contributed by atoms with Crippen molar-refractivity contribution in [3.8, 4) is 0 Å². The van der Waals surface area contributed by atoms with Crippen molar-refractivity contribution in [2.24, 2.45) is 5.92 Å². The van der Waals surface area contributed by atoms with E-state index in [1.807, 2.05) is 18.2 Å². The molecule has 2 nitrogen and oxygen atoms in total. The number of carbonyl (C=O) groups excluding carboxylic acids is 1. The van der Waals surface area contributed by atoms with Gasteiger partial charge in [0.1, 0.15) is 0 Å². The number of rotatable bonds is 3. The second kappa shape index (κ2) is 5.11. The number of nitrogens with zero attached hydrogens (tertiary/aromatic N) is 1. The van der Waals surface area contributed by atoms with E-state index >= 15 is 0 Å². The molecule has 1 heterocycles.